The van der Waals surface area contributed by atoms with E-state index in [9.17, 15) is 4.79 Å². The van der Waals surface area contributed by atoms with Crippen LogP contribution in [0.1, 0.15) is 10.4 Å². The van der Waals surface area contributed by atoms with Crippen LogP contribution in [0.5, 0.6) is 5.75 Å². The predicted octanol–water partition coefficient (Wildman–Crippen LogP) is 4.15. The molecule has 0 unspecified atom stereocenters. The molecule has 1 N–H and O–H groups in total. The molecular formula is C17H13ClN2O2. The number of methoxy groups -OCH3 is 1. The van der Waals surface area contributed by atoms with Gasteiger partial charge in [0.25, 0.3) is 5.91 Å². The van der Waals surface area contributed by atoms with Gasteiger partial charge in [0.1, 0.15) is 5.75 Å². The Morgan fingerprint density at radius 2 is 1.95 bits per heavy atom. The van der Waals surface area contributed by atoms with Crippen LogP contribution in [0.3, 0.4) is 0 Å². The average molecular weight is 313 g/mol. The van der Waals surface area contributed by atoms with Gasteiger partial charge in [-0.3, -0.25) is 9.78 Å². The zero-order valence-corrected chi connectivity index (χ0v) is 12.6. The summed E-state index contributed by atoms with van der Waals surface area (Å²) in [5, 5.41) is 4.22. The first-order valence-corrected chi connectivity index (χ1v) is 7.06. The van der Waals surface area contributed by atoms with Gasteiger partial charge in [-0.2, -0.15) is 0 Å². The number of nitrogens with zero attached hydrogens (tertiary/aromatic N) is 1. The van der Waals surface area contributed by atoms with Gasteiger partial charge >= 0.3 is 0 Å². The van der Waals surface area contributed by atoms with Crippen molar-refractivity contribution in [2.45, 2.75) is 0 Å². The lowest BCUT2D eigenvalue weighted by Gasteiger charge is -2.11. The Kier molecular flexibility index (Phi) is 3.94. The molecule has 3 rings (SSSR count). The summed E-state index contributed by atoms with van der Waals surface area (Å²) in [5.41, 5.74) is 1.78. The fraction of sp³-hybridized carbons (Fsp3) is 0.0588. The molecule has 22 heavy (non-hydrogen) atoms. The third-order valence-corrected chi connectivity index (χ3v) is 3.63. The number of hydrogen-bond donors (Lipinski definition) is 1. The molecule has 0 spiro atoms. The number of nitrogens with one attached hydrogen (secondary N) is 1. The van der Waals surface area contributed by atoms with E-state index >= 15 is 0 Å². The lowest BCUT2D eigenvalue weighted by Crippen LogP contribution is -2.13. The van der Waals surface area contributed by atoms with Crippen LogP contribution in [-0.4, -0.2) is 18.0 Å². The van der Waals surface area contributed by atoms with Gasteiger partial charge in [0, 0.05) is 11.6 Å². The van der Waals surface area contributed by atoms with Crippen LogP contribution in [0.25, 0.3) is 10.9 Å². The fourth-order valence-electron chi connectivity index (χ4n) is 2.27. The van der Waals surface area contributed by atoms with E-state index < -0.39 is 0 Å². The Hall–Kier alpha value is -2.59. The average Bonchev–Trinajstić information content (AvgIpc) is 2.57. The third kappa shape index (κ3) is 2.61. The highest BCUT2D eigenvalue weighted by Gasteiger charge is 2.13. The molecule has 1 aromatic heterocycles. The molecule has 2 aromatic carbocycles. The second kappa shape index (κ2) is 6.03. The maximum atomic E-state index is 12.5. The number of para-hydroxylation sites is 1. The summed E-state index contributed by atoms with van der Waals surface area (Å²) >= 11 is 6.14. The quantitative estimate of drug-likeness (QED) is 0.790. The molecule has 0 aliphatic carbocycles. The molecule has 0 atom stereocenters. The SMILES string of the molecule is COc1ccccc1C(=O)Nc1ccc(Cl)c2ncccc12. The molecule has 0 saturated carbocycles. The summed E-state index contributed by atoms with van der Waals surface area (Å²) in [6.45, 7) is 0. The van der Waals surface area contributed by atoms with E-state index in [2.05, 4.69) is 10.3 Å². The highest BCUT2D eigenvalue weighted by Crippen LogP contribution is 2.29. The zero-order chi connectivity index (χ0) is 15.5. The van der Waals surface area contributed by atoms with Crippen molar-refractivity contribution in [3.8, 4) is 5.75 Å². The molecule has 0 fully saturated rings. The van der Waals surface area contributed by atoms with Crippen LogP contribution in [0, 0.1) is 0 Å². The van der Waals surface area contributed by atoms with E-state index in [4.69, 9.17) is 16.3 Å². The minimum atomic E-state index is -0.245. The first kappa shape index (κ1) is 14.4. The summed E-state index contributed by atoms with van der Waals surface area (Å²) in [5.74, 6) is 0.279. The van der Waals surface area contributed by atoms with Gasteiger partial charge < -0.3 is 10.1 Å². The van der Waals surface area contributed by atoms with E-state index in [1.54, 1.807) is 42.6 Å². The standard InChI is InChI=1S/C17H13ClN2O2/c1-22-15-7-3-2-5-12(15)17(21)20-14-9-8-13(18)16-11(14)6-4-10-19-16/h2-10H,1H3,(H,20,21). The van der Waals surface area contributed by atoms with Crippen molar-refractivity contribution in [3.05, 3.63) is 65.3 Å². The van der Waals surface area contributed by atoms with Gasteiger partial charge in [0.2, 0.25) is 0 Å². The van der Waals surface area contributed by atoms with Gasteiger partial charge in [0.15, 0.2) is 0 Å². The van der Waals surface area contributed by atoms with Crippen molar-refractivity contribution in [3.63, 3.8) is 0 Å². The Bertz CT molecular complexity index is 849. The topological polar surface area (TPSA) is 51.2 Å². The van der Waals surface area contributed by atoms with E-state index in [0.29, 0.717) is 27.5 Å². The van der Waals surface area contributed by atoms with Crippen molar-refractivity contribution >= 4 is 34.1 Å². The molecule has 0 bridgehead atoms. The zero-order valence-electron chi connectivity index (χ0n) is 11.8. The second-order valence-electron chi connectivity index (χ2n) is 4.65. The number of pyridine rings is 1. The normalized spacial score (nSPS) is 10.5. The van der Waals surface area contributed by atoms with Gasteiger partial charge in [-0.25, -0.2) is 0 Å². The Labute approximate surface area is 132 Å². The minimum Gasteiger partial charge on any atom is -0.496 e. The van der Waals surface area contributed by atoms with Crippen LogP contribution < -0.4 is 10.1 Å². The molecule has 0 radical (unpaired) electrons. The van der Waals surface area contributed by atoms with Crippen LogP contribution in [0.2, 0.25) is 5.02 Å². The number of anilines is 1. The minimum absolute atomic E-state index is 0.245. The van der Waals surface area contributed by atoms with Crippen molar-refractivity contribution in [1.29, 1.82) is 0 Å². The first-order chi connectivity index (χ1) is 10.7. The van der Waals surface area contributed by atoms with E-state index in [1.807, 2.05) is 12.1 Å². The summed E-state index contributed by atoms with van der Waals surface area (Å²) in [4.78, 5) is 16.7. The number of carbonyl (C=O) groups is 1. The molecule has 1 amide bonds. The van der Waals surface area contributed by atoms with Crippen LogP contribution in [0.15, 0.2) is 54.7 Å². The highest BCUT2D eigenvalue weighted by molar-refractivity contribution is 6.35. The number of halogens is 1. The summed E-state index contributed by atoms with van der Waals surface area (Å²) in [7, 11) is 1.54. The van der Waals surface area contributed by atoms with Crippen LogP contribution >= 0.6 is 11.6 Å². The van der Waals surface area contributed by atoms with E-state index in [-0.39, 0.29) is 5.91 Å². The lowest BCUT2D eigenvalue weighted by molar-refractivity contribution is 0.102. The molecule has 5 heteroatoms. The molecule has 1 heterocycles. The molecule has 0 saturated heterocycles. The number of carbonyl (C=O) groups excluding carboxylic acids is 1. The Morgan fingerprint density at radius 1 is 1.14 bits per heavy atom. The van der Waals surface area contributed by atoms with Crippen molar-refractivity contribution in [1.82, 2.24) is 4.98 Å². The number of hydrogen-bond acceptors (Lipinski definition) is 3. The van der Waals surface area contributed by atoms with E-state index in [0.717, 1.165) is 5.39 Å². The second-order valence-corrected chi connectivity index (χ2v) is 5.06. The molecule has 4 nitrogen and oxygen atoms in total. The maximum absolute atomic E-state index is 12.5. The Balaban J connectivity index is 2.00. The van der Waals surface area contributed by atoms with Crippen molar-refractivity contribution in [2.24, 2.45) is 0 Å². The predicted molar refractivity (Wildman–Crippen MR) is 87.7 cm³/mol. The molecule has 3 aromatic rings. The number of benzene rings is 2. The largest absolute Gasteiger partial charge is 0.496 e. The summed E-state index contributed by atoms with van der Waals surface area (Å²) < 4.78 is 5.22. The van der Waals surface area contributed by atoms with Gasteiger partial charge in [-0.15, -0.1) is 0 Å². The fourth-order valence-corrected chi connectivity index (χ4v) is 2.48. The highest BCUT2D eigenvalue weighted by atomic mass is 35.5. The monoisotopic (exact) mass is 312 g/mol. The van der Waals surface area contributed by atoms with E-state index in [1.165, 1.54) is 7.11 Å². The molecule has 0 aliphatic rings. The summed E-state index contributed by atoms with van der Waals surface area (Å²) in [6.07, 6.45) is 1.67. The van der Waals surface area contributed by atoms with Crippen molar-refractivity contribution in [2.75, 3.05) is 12.4 Å². The molecular weight excluding hydrogens is 300 g/mol. The number of aromatic nitrogens is 1. The van der Waals surface area contributed by atoms with Gasteiger partial charge in [0.05, 0.1) is 28.9 Å². The number of rotatable bonds is 3. The lowest BCUT2D eigenvalue weighted by atomic mass is 10.1. The summed E-state index contributed by atoms with van der Waals surface area (Å²) in [6, 6.07) is 14.2. The number of ether oxygens (including phenoxy) is 1. The van der Waals surface area contributed by atoms with Gasteiger partial charge in [-0.1, -0.05) is 23.7 Å². The van der Waals surface area contributed by atoms with Crippen molar-refractivity contribution < 1.29 is 9.53 Å². The first-order valence-electron chi connectivity index (χ1n) is 6.68. The smallest absolute Gasteiger partial charge is 0.259 e. The van der Waals surface area contributed by atoms with Crippen LogP contribution in [0.4, 0.5) is 5.69 Å². The molecule has 110 valence electrons. The third-order valence-electron chi connectivity index (χ3n) is 3.32. The molecule has 0 aliphatic heterocycles. The van der Waals surface area contributed by atoms with Gasteiger partial charge in [-0.05, 0) is 36.4 Å². The Morgan fingerprint density at radius 3 is 2.77 bits per heavy atom. The number of amides is 1. The maximum Gasteiger partial charge on any atom is 0.259 e. The van der Waals surface area contributed by atoms with Crippen LogP contribution in [-0.2, 0) is 0 Å². The number of fused-ring (bicyclic) bond motifs is 1.